The van der Waals surface area contributed by atoms with E-state index in [-0.39, 0.29) is 30.4 Å². The highest BCUT2D eigenvalue weighted by molar-refractivity contribution is 5.99. The van der Waals surface area contributed by atoms with Gasteiger partial charge in [0, 0.05) is 24.2 Å². The van der Waals surface area contributed by atoms with E-state index in [2.05, 4.69) is 5.32 Å². The van der Waals surface area contributed by atoms with E-state index < -0.39 is 5.82 Å². The number of hydrogen-bond acceptors (Lipinski definition) is 3. The molecule has 0 saturated carbocycles. The molecule has 1 aliphatic heterocycles. The van der Waals surface area contributed by atoms with Crippen molar-refractivity contribution in [3.8, 4) is 5.75 Å². The van der Waals surface area contributed by atoms with Crippen molar-refractivity contribution in [3.05, 3.63) is 59.9 Å². The molecule has 2 amide bonds. The van der Waals surface area contributed by atoms with E-state index in [1.54, 1.807) is 36.4 Å². The molecule has 1 fully saturated rings. The van der Waals surface area contributed by atoms with Gasteiger partial charge in [-0.05, 0) is 56.3 Å². The van der Waals surface area contributed by atoms with E-state index in [4.69, 9.17) is 4.74 Å². The number of halogens is 1. The van der Waals surface area contributed by atoms with Crippen LogP contribution in [-0.4, -0.2) is 30.5 Å². The van der Waals surface area contributed by atoms with Crippen molar-refractivity contribution in [1.82, 2.24) is 5.32 Å². The Balaban J connectivity index is 1.62. The summed E-state index contributed by atoms with van der Waals surface area (Å²) in [6, 6.07) is 12.4. The van der Waals surface area contributed by atoms with Crippen LogP contribution < -0.4 is 15.0 Å². The van der Waals surface area contributed by atoms with Gasteiger partial charge in [0.15, 0.2) is 0 Å². The number of nitrogens with zero attached hydrogens (tertiary/aromatic N) is 1. The summed E-state index contributed by atoms with van der Waals surface area (Å²) < 4.78 is 18.9. The molecule has 1 unspecified atom stereocenters. The Morgan fingerprint density at radius 2 is 1.96 bits per heavy atom. The van der Waals surface area contributed by atoms with Crippen LogP contribution in [-0.2, 0) is 4.79 Å². The summed E-state index contributed by atoms with van der Waals surface area (Å²) in [7, 11) is 0. The molecule has 1 saturated heterocycles. The van der Waals surface area contributed by atoms with Gasteiger partial charge in [-0.1, -0.05) is 6.07 Å². The second-order valence-corrected chi connectivity index (χ2v) is 6.55. The molecule has 0 bridgehead atoms. The summed E-state index contributed by atoms with van der Waals surface area (Å²) in [4.78, 5) is 26.1. The van der Waals surface area contributed by atoms with Crippen molar-refractivity contribution < 1.29 is 18.7 Å². The summed E-state index contributed by atoms with van der Waals surface area (Å²) in [6.07, 6.45) is 0.254. The third kappa shape index (κ3) is 4.20. The number of anilines is 1. The Kier molecular flexibility index (Phi) is 5.21. The zero-order valence-electron chi connectivity index (χ0n) is 14.7. The van der Waals surface area contributed by atoms with Crippen LogP contribution in [0.15, 0.2) is 48.5 Å². The first-order valence-corrected chi connectivity index (χ1v) is 8.56. The lowest BCUT2D eigenvalue weighted by Gasteiger charge is -2.17. The third-order valence-corrected chi connectivity index (χ3v) is 4.07. The third-order valence-electron chi connectivity index (χ3n) is 4.07. The van der Waals surface area contributed by atoms with Gasteiger partial charge in [0.05, 0.1) is 12.1 Å². The second-order valence-electron chi connectivity index (χ2n) is 6.55. The molecule has 0 aromatic heterocycles. The lowest BCUT2D eigenvalue weighted by atomic mass is 10.1. The maximum Gasteiger partial charge on any atom is 0.251 e. The molecule has 2 aromatic carbocycles. The molecular formula is C20H21FN2O3. The van der Waals surface area contributed by atoms with Gasteiger partial charge in [-0.25, -0.2) is 4.39 Å². The molecule has 5 nitrogen and oxygen atoms in total. The summed E-state index contributed by atoms with van der Waals surface area (Å²) in [5, 5.41) is 2.86. The highest BCUT2D eigenvalue weighted by atomic mass is 19.1. The van der Waals surface area contributed by atoms with Crippen LogP contribution in [0, 0.1) is 5.82 Å². The molecule has 0 aliphatic carbocycles. The average molecular weight is 356 g/mol. The van der Waals surface area contributed by atoms with Gasteiger partial charge < -0.3 is 15.0 Å². The van der Waals surface area contributed by atoms with Gasteiger partial charge in [-0.2, -0.15) is 0 Å². The van der Waals surface area contributed by atoms with Crippen LogP contribution in [0.5, 0.6) is 5.75 Å². The highest BCUT2D eigenvalue weighted by Crippen LogP contribution is 2.22. The van der Waals surface area contributed by atoms with Crippen molar-refractivity contribution >= 4 is 17.5 Å². The van der Waals surface area contributed by atoms with Gasteiger partial charge in [0.25, 0.3) is 5.91 Å². The molecule has 6 heteroatoms. The molecule has 1 N–H and O–H groups in total. The maximum atomic E-state index is 13.4. The summed E-state index contributed by atoms with van der Waals surface area (Å²) in [5.41, 5.74) is 1.000. The fraction of sp³-hybridized carbons (Fsp3) is 0.300. The van der Waals surface area contributed by atoms with Gasteiger partial charge >= 0.3 is 0 Å². The number of carbonyl (C=O) groups excluding carboxylic acids is 2. The molecule has 1 aliphatic rings. The first-order valence-electron chi connectivity index (χ1n) is 8.56. The number of rotatable bonds is 5. The van der Waals surface area contributed by atoms with Crippen molar-refractivity contribution in [3.63, 3.8) is 0 Å². The molecule has 1 heterocycles. The van der Waals surface area contributed by atoms with E-state index in [9.17, 15) is 14.0 Å². The lowest BCUT2D eigenvalue weighted by Crippen LogP contribution is -2.37. The Hall–Kier alpha value is -2.89. The highest BCUT2D eigenvalue weighted by Gasteiger charge is 2.31. The summed E-state index contributed by atoms with van der Waals surface area (Å²) in [6.45, 7) is 4.19. The minimum absolute atomic E-state index is 0.0629. The monoisotopic (exact) mass is 356 g/mol. The van der Waals surface area contributed by atoms with E-state index in [0.717, 1.165) is 0 Å². The van der Waals surface area contributed by atoms with E-state index in [1.165, 1.54) is 17.0 Å². The van der Waals surface area contributed by atoms with Crippen LogP contribution in [0.1, 0.15) is 30.6 Å². The van der Waals surface area contributed by atoms with Crippen LogP contribution in [0.4, 0.5) is 10.1 Å². The van der Waals surface area contributed by atoms with Gasteiger partial charge in [-0.3, -0.25) is 9.59 Å². The Labute approximate surface area is 151 Å². The minimum Gasteiger partial charge on any atom is -0.491 e. The number of nitrogens with one attached hydrogen (secondary N) is 1. The van der Waals surface area contributed by atoms with Crippen molar-refractivity contribution in [2.24, 2.45) is 0 Å². The minimum atomic E-state index is -0.397. The van der Waals surface area contributed by atoms with Crippen LogP contribution in [0.25, 0.3) is 0 Å². The van der Waals surface area contributed by atoms with Crippen LogP contribution in [0.2, 0.25) is 0 Å². The normalized spacial score (nSPS) is 16.8. The van der Waals surface area contributed by atoms with Crippen molar-refractivity contribution in [1.29, 1.82) is 0 Å². The SMILES string of the molecule is CC(C)Oc1ccc(C(=O)NC2CC(=O)N(c3cccc(F)c3)C2)cc1. The topological polar surface area (TPSA) is 58.6 Å². The fourth-order valence-corrected chi connectivity index (χ4v) is 2.92. The van der Waals surface area contributed by atoms with Crippen molar-refractivity contribution in [2.75, 3.05) is 11.4 Å². The molecule has 0 radical (unpaired) electrons. The zero-order valence-corrected chi connectivity index (χ0v) is 14.7. The number of ether oxygens (including phenoxy) is 1. The summed E-state index contributed by atoms with van der Waals surface area (Å²) >= 11 is 0. The smallest absolute Gasteiger partial charge is 0.251 e. The number of benzene rings is 2. The van der Waals surface area contributed by atoms with E-state index in [0.29, 0.717) is 23.5 Å². The van der Waals surface area contributed by atoms with Gasteiger partial charge in [0.2, 0.25) is 5.91 Å². The average Bonchev–Trinajstić information content (AvgIpc) is 2.95. The Bertz CT molecular complexity index is 805. The van der Waals surface area contributed by atoms with Crippen LogP contribution in [0.3, 0.4) is 0 Å². The first kappa shape index (κ1) is 17.9. The van der Waals surface area contributed by atoms with E-state index in [1.807, 2.05) is 13.8 Å². The number of carbonyl (C=O) groups is 2. The summed E-state index contributed by atoms with van der Waals surface area (Å²) in [5.74, 6) is -0.0852. The zero-order chi connectivity index (χ0) is 18.7. The standard InChI is InChI=1S/C20H21FN2O3/c1-13(2)26-18-8-6-14(7-9-18)20(25)22-16-11-19(24)23(12-16)17-5-3-4-15(21)10-17/h3-10,13,16H,11-12H2,1-2H3,(H,22,25). The van der Waals surface area contributed by atoms with Crippen molar-refractivity contribution in [2.45, 2.75) is 32.4 Å². The lowest BCUT2D eigenvalue weighted by molar-refractivity contribution is -0.117. The Morgan fingerprint density at radius 1 is 1.23 bits per heavy atom. The molecule has 1 atom stereocenters. The number of amides is 2. The molecule has 3 rings (SSSR count). The molecule has 2 aromatic rings. The molecular weight excluding hydrogens is 335 g/mol. The predicted molar refractivity (Wildman–Crippen MR) is 96.8 cm³/mol. The predicted octanol–water partition coefficient (Wildman–Crippen LogP) is 3.15. The fourth-order valence-electron chi connectivity index (χ4n) is 2.92. The second kappa shape index (κ2) is 7.56. The molecule has 136 valence electrons. The Morgan fingerprint density at radius 3 is 2.62 bits per heavy atom. The van der Waals surface area contributed by atoms with E-state index >= 15 is 0 Å². The molecule has 26 heavy (non-hydrogen) atoms. The molecule has 0 spiro atoms. The van der Waals surface area contributed by atoms with Gasteiger partial charge in [0.1, 0.15) is 11.6 Å². The first-order chi connectivity index (χ1) is 12.4. The van der Waals surface area contributed by atoms with Gasteiger partial charge in [-0.15, -0.1) is 0 Å². The van der Waals surface area contributed by atoms with Crippen LogP contribution >= 0.6 is 0 Å². The maximum absolute atomic E-state index is 13.4. The quantitative estimate of drug-likeness (QED) is 0.895. The number of hydrogen-bond donors (Lipinski definition) is 1. The largest absolute Gasteiger partial charge is 0.491 e.